The number of phenols is 2. The summed E-state index contributed by atoms with van der Waals surface area (Å²) in [6.45, 7) is 0. The number of benzene rings is 2. The molecule has 92 valence electrons. The molecule has 0 aliphatic rings. The third-order valence-electron chi connectivity index (χ3n) is 2.31. The first-order valence-electron chi connectivity index (χ1n) is 5.15. The summed E-state index contributed by atoms with van der Waals surface area (Å²) in [4.78, 5) is 11.8. The van der Waals surface area contributed by atoms with Crippen molar-refractivity contribution in [1.29, 1.82) is 0 Å². The van der Waals surface area contributed by atoms with Crippen molar-refractivity contribution in [3.05, 3.63) is 53.1 Å². The molecule has 0 bridgehead atoms. The molecule has 0 saturated carbocycles. The molecule has 0 aromatic heterocycles. The van der Waals surface area contributed by atoms with Gasteiger partial charge in [0, 0.05) is 11.3 Å². The maximum absolute atomic E-state index is 11.8. The topological polar surface area (TPSA) is 69.6 Å². The minimum atomic E-state index is -0.368. The summed E-state index contributed by atoms with van der Waals surface area (Å²) in [6, 6.07) is 10.4. The van der Waals surface area contributed by atoms with Gasteiger partial charge in [0.15, 0.2) is 0 Å². The molecular formula is C13H10ClNO3. The highest BCUT2D eigenvalue weighted by atomic mass is 35.5. The summed E-state index contributed by atoms with van der Waals surface area (Å²) in [6.07, 6.45) is 0. The number of amides is 1. The number of rotatable bonds is 2. The molecule has 0 atom stereocenters. The molecule has 0 radical (unpaired) electrons. The quantitative estimate of drug-likeness (QED) is 0.730. The molecule has 3 N–H and O–H groups in total. The Morgan fingerprint density at radius 1 is 1.11 bits per heavy atom. The fourth-order valence-electron chi connectivity index (χ4n) is 1.44. The maximum atomic E-state index is 11.8. The third-order valence-corrected chi connectivity index (χ3v) is 2.62. The number of carbonyl (C=O) groups excluding carboxylic acids is 1. The van der Waals surface area contributed by atoms with Crippen molar-refractivity contribution in [2.45, 2.75) is 0 Å². The first kappa shape index (κ1) is 12.3. The fourth-order valence-corrected chi connectivity index (χ4v) is 1.62. The van der Waals surface area contributed by atoms with Gasteiger partial charge >= 0.3 is 0 Å². The monoisotopic (exact) mass is 263 g/mol. The number of nitrogens with one attached hydrogen (secondary N) is 1. The molecule has 4 nitrogen and oxygen atoms in total. The highest BCUT2D eigenvalue weighted by Gasteiger charge is 2.07. The third kappa shape index (κ3) is 2.73. The van der Waals surface area contributed by atoms with E-state index in [9.17, 15) is 15.0 Å². The van der Waals surface area contributed by atoms with Crippen LogP contribution in [0.4, 0.5) is 5.69 Å². The smallest absolute Gasteiger partial charge is 0.255 e. The van der Waals surface area contributed by atoms with Gasteiger partial charge in [-0.15, -0.1) is 0 Å². The van der Waals surface area contributed by atoms with E-state index in [0.29, 0.717) is 11.3 Å². The van der Waals surface area contributed by atoms with E-state index in [1.54, 1.807) is 12.1 Å². The standard InChI is InChI=1S/C13H10ClNO3/c14-11-7-9(4-5-12(11)17)15-13(18)8-2-1-3-10(16)6-8/h1-7,16-17H,(H,15,18). The van der Waals surface area contributed by atoms with Crippen LogP contribution in [0.2, 0.25) is 5.02 Å². The van der Waals surface area contributed by atoms with Crippen molar-refractivity contribution in [3.63, 3.8) is 0 Å². The van der Waals surface area contributed by atoms with E-state index in [-0.39, 0.29) is 22.4 Å². The van der Waals surface area contributed by atoms with Crippen LogP contribution in [-0.4, -0.2) is 16.1 Å². The molecule has 0 spiro atoms. The van der Waals surface area contributed by atoms with Crippen molar-refractivity contribution >= 4 is 23.2 Å². The zero-order chi connectivity index (χ0) is 13.1. The van der Waals surface area contributed by atoms with Gasteiger partial charge in [-0.2, -0.15) is 0 Å². The van der Waals surface area contributed by atoms with Gasteiger partial charge in [-0.3, -0.25) is 4.79 Å². The zero-order valence-electron chi connectivity index (χ0n) is 9.22. The Hall–Kier alpha value is -2.20. The van der Waals surface area contributed by atoms with Crippen LogP contribution >= 0.6 is 11.6 Å². The van der Waals surface area contributed by atoms with Gasteiger partial charge in [0.25, 0.3) is 5.91 Å². The largest absolute Gasteiger partial charge is 0.508 e. The minimum Gasteiger partial charge on any atom is -0.508 e. The summed E-state index contributed by atoms with van der Waals surface area (Å²) in [5, 5.41) is 21.3. The van der Waals surface area contributed by atoms with E-state index in [2.05, 4.69) is 5.32 Å². The number of hydrogen-bond donors (Lipinski definition) is 3. The molecule has 0 aliphatic heterocycles. The Bertz CT molecular complexity index is 599. The number of carbonyl (C=O) groups is 1. The molecule has 1 amide bonds. The van der Waals surface area contributed by atoms with Crippen LogP contribution in [-0.2, 0) is 0 Å². The average Bonchev–Trinajstić information content (AvgIpc) is 2.34. The first-order chi connectivity index (χ1) is 8.56. The predicted octanol–water partition coefficient (Wildman–Crippen LogP) is 3.00. The molecule has 18 heavy (non-hydrogen) atoms. The van der Waals surface area contributed by atoms with Crippen LogP contribution in [0, 0.1) is 0 Å². The lowest BCUT2D eigenvalue weighted by atomic mass is 10.2. The minimum absolute atomic E-state index is 0.0198. The average molecular weight is 264 g/mol. The first-order valence-corrected chi connectivity index (χ1v) is 5.53. The molecule has 0 heterocycles. The summed E-state index contributed by atoms with van der Waals surface area (Å²) in [7, 11) is 0. The molecule has 2 rings (SSSR count). The maximum Gasteiger partial charge on any atom is 0.255 e. The second kappa shape index (κ2) is 4.98. The van der Waals surface area contributed by atoms with Crippen LogP contribution in [0.3, 0.4) is 0 Å². The lowest BCUT2D eigenvalue weighted by Crippen LogP contribution is -2.11. The lowest BCUT2D eigenvalue weighted by Gasteiger charge is -2.06. The summed E-state index contributed by atoms with van der Waals surface area (Å²) >= 11 is 5.73. The van der Waals surface area contributed by atoms with Crippen molar-refractivity contribution in [1.82, 2.24) is 0 Å². The van der Waals surface area contributed by atoms with Crippen LogP contribution < -0.4 is 5.32 Å². The number of phenolic OH excluding ortho intramolecular Hbond substituents is 2. The van der Waals surface area contributed by atoms with Gasteiger partial charge in [-0.1, -0.05) is 17.7 Å². The van der Waals surface area contributed by atoms with E-state index >= 15 is 0 Å². The Balaban J connectivity index is 2.18. The molecule has 2 aromatic carbocycles. The zero-order valence-corrected chi connectivity index (χ0v) is 9.98. The highest BCUT2D eigenvalue weighted by Crippen LogP contribution is 2.26. The Labute approximate surface area is 108 Å². The van der Waals surface area contributed by atoms with Gasteiger partial charge in [0.1, 0.15) is 11.5 Å². The second-order valence-electron chi connectivity index (χ2n) is 3.67. The SMILES string of the molecule is O=C(Nc1ccc(O)c(Cl)c1)c1cccc(O)c1. The van der Waals surface area contributed by atoms with Crippen molar-refractivity contribution in [2.75, 3.05) is 5.32 Å². The Kier molecular flexibility index (Phi) is 3.39. The van der Waals surface area contributed by atoms with Crippen LogP contribution in [0.1, 0.15) is 10.4 Å². The van der Waals surface area contributed by atoms with Crippen molar-refractivity contribution in [3.8, 4) is 11.5 Å². The molecule has 2 aromatic rings. The van der Waals surface area contributed by atoms with E-state index in [1.807, 2.05) is 0 Å². The van der Waals surface area contributed by atoms with Gasteiger partial charge in [-0.05, 0) is 36.4 Å². The lowest BCUT2D eigenvalue weighted by molar-refractivity contribution is 0.102. The van der Waals surface area contributed by atoms with Gasteiger partial charge < -0.3 is 15.5 Å². The van der Waals surface area contributed by atoms with Crippen molar-refractivity contribution in [2.24, 2.45) is 0 Å². The Morgan fingerprint density at radius 2 is 1.89 bits per heavy atom. The summed E-state index contributed by atoms with van der Waals surface area (Å²) in [5.41, 5.74) is 0.797. The predicted molar refractivity (Wildman–Crippen MR) is 69.2 cm³/mol. The molecule has 0 fully saturated rings. The Morgan fingerprint density at radius 3 is 2.56 bits per heavy atom. The van der Waals surface area contributed by atoms with Crippen LogP contribution in [0.15, 0.2) is 42.5 Å². The molecular weight excluding hydrogens is 254 g/mol. The second-order valence-corrected chi connectivity index (χ2v) is 4.08. The molecule has 5 heteroatoms. The van der Waals surface area contributed by atoms with Gasteiger partial charge in [0.2, 0.25) is 0 Å². The normalized spacial score (nSPS) is 10.1. The number of aromatic hydroxyl groups is 2. The summed E-state index contributed by atoms with van der Waals surface area (Å²) < 4.78 is 0. The fraction of sp³-hybridized carbons (Fsp3) is 0. The van der Waals surface area contributed by atoms with E-state index in [4.69, 9.17) is 11.6 Å². The van der Waals surface area contributed by atoms with Gasteiger partial charge in [-0.25, -0.2) is 0 Å². The van der Waals surface area contributed by atoms with Gasteiger partial charge in [0.05, 0.1) is 5.02 Å². The highest BCUT2D eigenvalue weighted by molar-refractivity contribution is 6.32. The molecule has 0 unspecified atom stereocenters. The van der Waals surface area contributed by atoms with E-state index in [0.717, 1.165) is 0 Å². The number of anilines is 1. The number of halogens is 1. The van der Waals surface area contributed by atoms with Crippen LogP contribution in [0.5, 0.6) is 11.5 Å². The van der Waals surface area contributed by atoms with E-state index < -0.39 is 0 Å². The number of hydrogen-bond acceptors (Lipinski definition) is 3. The van der Waals surface area contributed by atoms with Crippen LogP contribution in [0.25, 0.3) is 0 Å². The molecule has 0 saturated heterocycles. The molecule has 0 aliphatic carbocycles. The van der Waals surface area contributed by atoms with Crippen molar-refractivity contribution < 1.29 is 15.0 Å². The summed E-state index contributed by atoms with van der Waals surface area (Å²) in [5.74, 6) is -0.397. The van der Waals surface area contributed by atoms with E-state index in [1.165, 1.54) is 30.3 Å².